The Hall–Kier alpha value is -3.30. The zero-order valence-corrected chi connectivity index (χ0v) is 13.3. The maximum absolute atomic E-state index is 14.5. The minimum Gasteiger partial charge on any atom is -0.442 e. The van der Waals surface area contributed by atoms with Crippen LogP contribution in [0.4, 0.5) is 14.9 Å². The van der Waals surface area contributed by atoms with Crippen molar-refractivity contribution in [2.24, 2.45) is 0 Å². The van der Waals surface area contributed by atoms with Crippen molar-refractivity contribution in [1.82, 2.24) is 29.8 Å². The summed E-state index contributed by atoms with van der Waals surface area (Å²) in [5.41, 5.74) is 1.58. The minimum atomic E-state index is -0.524. The Kier molecular flexibility index (Phi) is 3.64. The van der Waals surface area contributed by atoms with Crippen molar-refractivity contribution in [2.45, 2.75) is 19.6 Å². The molecule has 3 aromatic rings. The molecule has 1 amide bonds. The number of carbonyl (C=O) groups is 1. The van der Waals surface area contributed by atoms with Gasteiger partial charge in [0.05, 0.1) is 36.5 Å². The highest BCUT2D eigenvalue weighted by Crippen LogP contribution is 2.26. The number of carbonyl (C=O) groups excluding carboxylic acids is 1. The molecule has 0 unspecified atom stereocenters. The molecule has 4 rings (SSSR count). The molecule has 0 spiro atoms. The van der Waals surface area contributed by atoms with Gasteiger partial charge in [0.15, 0.2) is 0 Å². The molecule has 3 heterocycles. The maximum atomic E-state index is 14.5. The van der Waals surface area contributed by atoms with Crippen molar-refractivity contribution in [1.29, 1.82) is 0 Å². The SMILES string of the molecule is Cc1cn(-c2ccc(N3C[C@H](Cn4cnnn4)OC3=O)cc2F)cn1. The number of cyclic esters (lactones) is 1. The number of tetrazole rings is 1. The van der Waals surface area contributed by atoms with Gasteiger partial charge in [0.25, 0.3) is 0 Å². The van der Waals surface area contributed by atoms with Crippen LogP contribution >= 0.6 is 0 Å². The number of aromatic nitrogens is 6. The van der Waals surface area contributed by atoms with Crippen LogP contribution in [0.25, 0.3) is 5.69 Å². The van der Waals surface area contributed by atoms with Gasteiger partial charge >= 0.3 is 6.09 Å². The van der Waals surface area contributed by atoms with Gasteiger partial charge < -0.3 is 9.30 Å². The van der Waals surface area contributed by atoms with Gasteiger partial charge in [0.1, 0.15) is 18.2 Å². The monoisotopic (exact) mass is 343 g/mol. The number of hydrogen-bond acceptors (Lipinski definition) is 6. The highest BCUT2D eigenvalue weighted by atomic mass is 19.1. The number of halogens is 1. The second-order valence-electron chi connectivity index (χ2n) is 5.71. The summed E-state index contributed by atoms with van der Waals surface area (Å²) in [5, 5.41) is 10.8. The fourth-order valence-corrected chi connectivity index (χ4v) is 2.73. The van der Waals surface area contributed by atoms with E-state index >= 15 is 0 Å². The van der Waals surface area contributed by atoms with Crippen LogP contribution in [0.5, 0.6) is 0 Å². The third-order valence-electron chi connectivity index (χ3n) is 3.89. The first-order chi connectivity index (χ1) is 12.1. The second-order valence-corrected chi connectivity index (χ2v) is 5.71. The first-order valence-corrected chi connectivity index (χ1v) is 7.59. The van der Waals surface area contributed by atoms with Gasteiger partial charge in [0, 0.05) is 6.20 Å². The molecule has 10 heteroatoms. The van der Waals surface area contributed by atoms with E-state index in [9.17, 15) is 9.18 Å². The van der Waals surface area contributed by atoms with Crippen molar-refractivity contribution < 1.29 is 13.9 Å². The average Bonchev–Trinajstić information content (AvgIpc) is 3.30. The number of nitrogens with zero attached hydrogens (tertiary/aromatic N) is 7. The highest BCUT2D eigenvalue weighted by Gasteiger charge is 2.33. The van der Waals surface area contributed by atoms with Gasteiger partial charge in [-0.25, -0.2) is 18.9 Å². The van der Waals surface area contributed by atoms with Gasteiger partial charge in [-0.1, -0.05) is 0 Å². The van der Waals surface area contributed by atoms with E-state index in [1.165, 1.54) is 22.0 Å². The smallest absolute Gasteiger partial charge is 0.414 e. The zero-order chi connectivity index (χ0) is 17.4. The highest BCUT2D eigenvalue weighted by molar-refractivity contribution is 5.89. The molecule has 2 aromatic heterocycles. The fourth-order valence-electron chi connectivity index (χ4n) is 2.73. The third-order valence-corrected chi connectivity index (χ3v) is 3.89. The van der Waals surface area contributed by atoms with E-state index in [1.807, 2.05) is 6.92 Å². The van der Waals surface area contributed by atoms with Crippen LogP contribution in [0.1, 0.15) is 5.69 Å². The summed E-state index contributed by atoms with van der Waals surface area (Å²) in [4.78, 5) is 17.6. The van der Waals surface area contributed by atoms with Gasteiger partial charge in [-0.05, 0) is 35.5 Å². The molecule has 25 heavy (non-hydrogen) atoms. The van der Waals surface area contributed by atoms with Gasteiger partial charge in [-0.3, -0.25) is 4.90 Å². The number of rotatable bonds is 4. The molecule has 1 aromatic carbocycles. The van der Waals surface area contributed by atoms with Crippen molar-refractivity contribution in [3.8, 4) is 5.69 Å². The molecule has 1 saturated heterocycles. The van der Waals surface area contributed by atoms with E-state index in [4.69, 9.17) is 4.74 Å². The van der Waals surface area contributed by atoms with Crippen molar-refractivity contribution in [2.75, 3.05) is 11.4 Å². The number of imidazole rings is 1. The van der Waals surface area contributed by atoms with E-state index in [0.29, 0.717) is 24.5 Å². The summed E-state index contributed by atoms with van der Waals surface area (Å²) in [7, 11) is 0. The molecule has 1 aliphatic rings. The second kappa shape index (κ2) is 5.96. The molecule has 0 N–H and O–H groups in total. The fraction of sp³-hybridized carbons (Fsp3) is 0.267. The number of ether oxygens (including phenoxy) is 1. The van der Waals surface area contributed by atoms with Crippen molar-refractivity contribution in [3.05, 3.63) is 48.6 Å². The lowest BCUT2D eigenvalue weighted by Gasteiger charge is -2.14. The normalized spacial score (nSPS) is 17.1. The number of amides is 1. The summed E-state index contributed by atoms with van der Waals surface area (Å²) >= 11 is 0. The molecule has 0 saturated carbocycles. The minimum absolute atomic E-state index is 0.293. The Morgan fingerprint density at radius 3 is 2.92 bits per heavy atom. The van der Waals surface area contributed by atoms with Crippen LogP contribution in [0.15, 0.2) is 37.1 Å². The molecule has 0 radical (unpaired) electrons. The van der Waals surface area contributed by atoms with Crippen molar-refractivity contribution >= 4 is 11.8 Å². The van der Waals surface area contributed by atoms with E-state index in [-0.39, 0.29) is 0 Å². The van der Waals surface area contributed by atoms with Gasteiger partial charge in [-0.15, -0.1) is 5.10 Å². The van der Waals surface area contributed by atoms with Crippen LogP contribution in [0.2, 0.25) is 0 Å². The summed E-state index contributed by atoms with van der Waals surface area (Å²) in [6, 6.07) is 4.59. The van der Waals surface area contributed by atoms with Crippen LogP contribution < -0.4 is 4.90 Å². The Bertz CT molecular complexity index is 909. The lowest BCUT2D eigenvalue weighted by atomic mass is 10.2. The Morgan fingerprint density at radius 1 is 1.36 bits per heavy atom. The lowest BCUT2D eigenvalue weighted by Crippen LogP contribution is -2.26. The summed E-state index contributed by atoms with van der Waals surface area (Å²) < 4.78 is 22.8. The van der Waals surface area contributed by atoms with Crippen molar-refractivity contribution in [3.63, 3.8) is 0 Å². The van der Waals surface area contributed by atoms with E-state index in [1.54, 1.807) is 29.2 Å². The molecule has 128 valence electrons. The lowest BCUT2D eigenvalue weighted by molar-refractivity contribution is 0.129. The molecule has 1 fully saturated rings. The van der Waals surface area contributed by atoms with E-state index in [2.05, 4.69) is 20.5 Å². The molecular formula is C15H14FN7O2. The maximum Gasteiger partial charge on any atom is 0.414 e. The van der Waals surface area contributed by atoms with Crippen LogP contribution in [-0.4, -0.2) is 48.5 Å². The Labute approximate surface area is 141 Å². The summed E-state index contributed by atoms with van der Waals surface area (Å²) in [6.45, 7) is 2.46. The van der Waals surface area contributed by atoms with Crippen LogP contribution in [0, 0.1) is 12.7 Å². The number of anilines is 1. The summed E-state index contributed by atoms with van der Waals surface area (Å²) in [5.74, 6) is -0.452. The number of hydrogen-bond donors (Lipinski definition) is 0. The summed E-state index contributed by atoms with van der Waals surface area (Å²) in [6.07, 6.45) is 3.78. The average molecular weight is 343 g/mol. The Balaban J connectivity index is 1.53. The third kappa shape index (κ3) is 2.93. The van der Waals surface area contributed by atoms with Crippen LogP contribution in [0.3, 0.4) is 0 Å². The standard InChI is InChI=1S/C15H14FN7O2/c1-10-5-21(8-17-10)14-3-2-11(4-13(14)16)23-7-12(25-15(23)24)6-22-9-18-19-20-22/h2-5,8-9,12H,6-7H2,1H3/t12-/m0/s1. The molecular weight excluding hydrogens is 329 g/mol. The molecule has 1 atom stereocenters. The first-order valence-electron chi connectivity index (χ1n) is 7.59. The predicted molar refractivity (Wildman–Crippen MR) is 83.7 cm³/mol. The van der Waals surface area contributed by atoms with Gasteiger partial charge in [-0.2, -0.15) is 0 Å². The first kappa shape index (κ1) is 15.2. The Morgan fingerprint density at radius 2 is 2.24 bits per heavy atom. The predicted octanol–water partition coefficient (Wildman–Crippen LogP) is 1.33. The largest absolute Gasteiger partial charge is 0.442 e. The number of benzene rings is 1. The molecule has 9 nitrogen and oxygen atoms in total. The molecule has 0 bridgehead atoms. The zero-order valence-electron chi connectivity index (χ0n) is 13.3. The molecule has 1 aliphatic heterocycles. The van der Waals surface area contributed by atoms with Gasteiger partial charge in [0.2, 0.25) is 0 Å². The van der Waals surface area contributed by atoms with Crippen LogP contribution in [-0.2, 0) is 11.3 Å². The topological polar surface area (TPSA) is 91.0 Å². The quantitative estimate of drug-likeness (QED) is 0.710. The van der Waals surface area contributed by atoms with E-state index in [0.717, 1.165) is 5.69 Å². The molecule has 0 aliphatic carbocycles. The number of aryl methyl sites for hydroxylation is 1. The van der Waals surface area contributed by atoms with E-state index < -0.39 is 18.0 Å².